The van der Waals surface area contributed by atoms with Crippen molar-refractivity contribution in [2.75, 3.05) is 19.6 Å². The van der Waals surface area contributed by atoms with Crippen molar-refractivity contribution >= 4 is 11.8 Å². The number of benzene rings is 1. The summed E-state index contributed by atoms with van der Waals surface area (Å²) in [4.78, 5) is 25.4. The summed E-state index contributed by atoms with van der Waals surface area (Å²) in [6.45, 7) is 5.08. The van der Waals surface area contributed by atoms with E-state index in [0.29, 0.717) is 13.1 Å². The first-order valence-corrected chi connectivity index (χ1v) is 7.04. The highest BCUT2D eigenvalue weighted by molar-refractivity contribution is 5.84. The Hall–Kier alpha value is -1.95. The zero-order valence-electron chi connectivity index (χ0n) is 12.2. The highest BCUT2D eigenvalue weighted by atomic mass is 19.1. The van der Waals surface area contributed by atoms with Gasteiger partial charge in [-0.3, -0.25) is 14.5 Å². The molecule has 2 amide bonds. The number of nitrogens with one attached hydrogen (secondary N) is 2. The van der Waals surface area contributed by atoms with Crippen molar-refractivity contribution in [1.29, 1.82) is 0 Å². The van der Waals surface area contributed by atoms with Gasteiger partial charge in [-0.05, 0) is 31.5 Å². The van der Waals surface area contributed by atoms with Crippen LogP contribution in [0.3, 0.4) is 0 Å². The summed E-state index contributed by atoms with van der Waals surface area (Å²) in [5.74, 6) is -0.501. The molecule has 1 aliphatic rings. The molecule has 1 heterocycles. The Morgan fingerprint density at radius 2 is 2.00 bits per heavy atom. The molecule has 0 aromatic heterocycles. The fourth-order valence-corrected chi connectivity index (χ4v) is 2.32. The Morgan fingerprint density at radius 1 is 1.33 bits per heavy atom. The second-order valence-electron chi connectivity index (χ2n) is 5.28. The topological polar surface area (TPSA) is 61.4 Å². The quantitative estimate of drug-likeness (QED) is 0.864. The smallest absolute Gasteiger partial charge is 0.237 e. The number of carbonyl (C=O) groups excluding carboxylic acids is 2. The maximum Gasteiger partial charge on any atom is 0.237 e. The van der Waals surface area contributed by atoms with E-state index < -0.39 is 0 Å². The van der Waals surface area contributed by atoms with Gasteiger partial charge in [-0.25, -0.2) is 4.39 Å². The van der Waals surface area contributed by atoms with Crippen LogP contribution in [0.4, 0.5) is 4.39 Å². The summed E-state index contributed by atoms with van der Waals surface area (Å²) >= 11 is 0. The number of amides is 2. The van der Waals surface area contributed by atoms with E-state index >= 15 is 0 Å². The van der Waals surface area contributed by atoms with Crippen LogP contribution in [0.1, 0.15) is 25.5 Å². The summed E-state index contributed by atoms with van der Waals surface area (Å²) in [6.07, 6.45) is 0. The summed E-state index contributed by atoms with van der Waals surface area (Å²) in [5, 5.41) is 5.62. The van der Waals surface area contributed by atoms with Gasteiger partial charge >= 0.3 is 0 Å². The largest absolute Gasteiger partial charge is 0.354 e. The number of nitrogens with zero attached hydrogens (tertiary/aromatic N) is 1. The summed E-state index contributed by atoms with van der Waals surface area (Å²) in [5.41, 5.74) is 0.841. The fraction of sp³-hybridized carbons (Fsp3) is 0.467. The maximum absolute atomic E-state index is 12.9. The van der Waals surface area contributed by atoms with Gasteiger partial charge in [0.05, 0.1) is 18.6 Å². The van der Waals surface area contributed by atoms with Crippen molar-refractivity contribution in [2.45, 2.75) is 25.9 Å². The van der Waals surface area contributed by atoms with Gasteiger partial charge in [-0.2, -0.15) is 0 Å². The fourth-order valence-electron chi connectivity index (χ4n) is 2.32. The lowest BCUT2D eigenvalue weighted by Gasteiger charge is -2.31. The molecule has 1 saturated heterocycles. The van der Waals surface area contributed by atoms with Crippen LogP contribution in [-0.2, 0) is 9.59 Å². The molecule has 2 atom stereocenters. The van der Waals surface area contributed by atoms with Gasteiger partial charge in [0.15, 0.2) is 0 Å². The Labute approximate surface area is 123 Å². The van der Waals surface area contributed by atoms with Crippen molar-refractivity contribution in [1.82, 2.24) is 15.5 Å². The average molecular weight is 293 g/mol. The summed E-state index contributed by atoms with van der Waals surface area (Å²) < 4.78 is 12.9. The third-order valence-electron chi connectivity index (χ3n) is 3.72. The van der Waals surface area contributed by atoms with Crippen molar-refractivity contribution in [3.63, 3.8) is 0 Å². The van der Waals surface area contributed by atoms with E-state index in [1.807, 2.05) is 11.8 Å². The lowest BCUT2D eigenvalue weighted by atomic mass is 10.1. The molecule has 6 heteroatoms. The number of hydrogen-bond donors (Lipinski definition) is 2. The molecule has 0 bridgehead atoms. The SMILES string of the molecule is C[C@H](C(=O)N[C@H](C)c1ccc(F)cc1)N1CCNC(=O)C1. The van der Waals surface area contributed by atoms with Gasteiger partial charge in [0.1, 0.15) is 5.82 Å². The number of halogens is 1. The normalized spacial score (nSPS) is 18.7. The van der Waals surface area contributed by atoms with Crippen LogP contribution in [0.5, 0.6) is 0 Å². The number of piperazine rings is 1. The Bertz CT molecular complexity index is 518. The average Bonchev–Trinajstić information content (AvgIpc) is 2.47. The molecule has 1 aliphatic heterocycles. The van der Waals surface area contributed by atoms with Gasteiger partial charge in [0.2, 0.25) is 11.8 Å². The molecular formula is C15H20FN3O2. The molecule has 0 radical (unpaired) electrons. The van der Waals surface area contributed by atoms with Crippen LogP contribution in [0.25, 0.3) is 0 Å². The van der Waals surface area contributed by atoms with Crippen LogP contribution in [0.2, 0.25) is 0 Å². The first-order valence-electron chi connectivity index (χ1n) is 7.04. The molecule has 0 spiro atoms. The van der Waals surface area contributed by atoms with E-state index in [1.165, 1.54) is 12.1 Å². The lowest BCUT2D eigenvalue weighted by Crippen LogP contribution is -2.55. The molecule has 2 rings (SSSR count). The van der Waals surface area contributed by atoms with E-state index in [-0.39, 0.29) is 36.3 Å². The standard InChI is InChI=1S/C15H20FN3O2/c1-10(12-3-5-13(16)6-4-12)18-15(21)11(2)19-8-7-17-14(20)9-19/h3-6,10-11H,7-9H2,1-2H3,(H,17,20)(H,18,21)/t10-,11-/m1/s1. The van der Waals surface area contributed by atoms with Crippen LogP contribution < -0.4 is 10.6 Å². The Morgan fingerprint density at radius 3 is 2.62 bits per heavy atom. The molecule has 1 fully saturated rings. The molecule has 0 aliphatic carbocycles. The monoisotopic (exact) mass is 293 g/mol. The number of hydrogen-bond acceptors (Lipinski definition) is 3. The lowest BCUT2D eigenvalue weighted by molar-refractivity contribution is -0.130. The van der Waals surface area contributed by atoms with Crippen LogP contribution in [0.15, 0.2) is 24.3 Å². The van der Waals surface area contributed by atoms with Crippen LogP contribution in [0, 0.1) is 5.82 Å². The molecule has 1 aromatic carbocycles. The van der Waals surface area contributed by atoms with E-state index in [1.54, 1.807) is 19.1 Å². The molecule has 21 heavy (non-hydrogen) atoms. The first kappa shape index (κ1) is 15.4. The molecule has 2 N–H and O–H groups in total. The van der Waals surface area contributed by atoms with Gasteiger partial charge < -0.3 is 10.6 Å². The maximum atomic E-state index is 12.9. The minimum absolute atomic E-state index is 0.0625. The van der Waals surface area contributed by atoms with Gasteiger partial charge in [-0.15, -0.1) is 0 Å². The zero-order chi connectivity index (χ0) is 15.4. The van der Waals surface area contributed by atoms with E-state index in [9.17, 15) is 14.0 Å². The van der Waals surface area contributed by atoms with Crippen molar-refractivity contribution < 1.29 is 14.0 Å². The predicted molar refractivity (Wildman–Crippen MR) is 77.0 cm³/mol. The van der Waals surface area contributed by atoms with Gasteiger partial charge in [-0.1, -0.05) is 12.1 Å². The molecule has 0 saturated carbocycles. The zero-order valence-corrected chi connectivity index (χ0v) is 12.2. The highest BCUT2D eigenvalue weighted by Gasteiger charge is 2.26. The molecule has 1 aromatic rings. The first-order chi connectivity index (χ1) is 9.97. The van der Waals surface area contributed by atoms with Crippen molar-refractivity contribution in [2.24, 2.45) is 0 Å². The Balaban J connectivity index is 1.93. The minimum atomic E-state index is -0.376. The molecule has 114 valence electrons. The second kappa shape index (κ2) is 6.67. The minimum Gasteiger partial charge on any atom is -0.354 e. The predicted octanol–water partition coefficient (Wildman–Crippen LogP) is 0.823. The van der Waals surface area contributed by atoms with Gasteiger partial charge in [0.25, 0.3) is 0 Å². The number of rotatable bonds is 4. The summed E-state index contributed by atoms with van der Waals surface area (Å²) in [6, 6.07) is 5.46. The van der Waals surface area contributed by atoms with Crippen LogP contribution in [-0.4, -0.2) is 42.4 Å². The highest BCUT2D eigenvalue weighted by Crippen LogP contribution is 2.13. The third kappa shape index (κ3) is 4.01. The van der Waals surface area contributed by atoms with Crippen molar-refractivity contribution in [3.05, 3.63) is 35.6 Å². The second-order valence-corrected chi connectivity index (χ2v) is 5.28. The molecule has 5 nitrogen and oxygen atoms in total. The third-order valence-corrected chi connectivity index (χ3v) is 3.72. The van der Waals surface area contributed by atoms with Crippen molar-refractivity contribution in [3.8, 4) is 0 Å². The summed E-state index contributed by atoms with van der Waals surface area (Å²) in [7, 11) is 0. The Kier molecular flexibility index (Phi) is 4.90. The van der Waals surface area contributed by atoms with E-state index in [0.717, 1.165) is 5.56 Å². The van der Waals surface area contributed by atoms with Gasteiger partial charge in [0, 0.05) is 13.1 Å². The van der Waals surface area contributed by atoms with E-state index in [4.69, 9.17) is 0 Å². The molecular weight excluding hydrogens is 273 g/mol. The van der Waals surface area contributed by atoms with E-state index in [2.05, 4.69) is 10.6 Å². The molecule has 0 unspecified atom stereocenters. The van der Waals surface area contributed by atoms with Crippen LogP contribution >= 0.6 is 0 Å². The number of carbonyl (C=O) groups is 2.